The van der Waals surface area contributed by atoms with Gasteiger partial charge in [-0.1, -0.05) is 12.8 Å². The molecule has 2 saturated carbocycles. The van der Waals surface area contributed by atoms with Crippen LogP contribution in [0.1, 0.15) is 42.6 Å². The second-order valence-electron chi connectivity index (χ2n) is 5.89. The van der Waals surface area contributed by atoms with Gasteiger partial charge < -0.3 is 5.32 Å². The van der Waals surface area contributed by atoms with Gasteiger partial charge in [-0.05, 0) is 37.0 Å². The Balaban J connectivity index is 1.59. The number of carbonyl (C=O) groups is 1. The van der Waals surface area contributed by atoms with Gasteiger partial charge in [0.1, 0.15) is 5.82 Å². The summed E-state index contributed by atoms with van der Waals surface area (Å²) in [6.45, 7) is 0.568. The highest BCUT2D eigenvalue weighted by molar-refractivity contribution is 5.92. The Hall–Kier alpha value is -1.52. The van der Waals surface area contributed by atoms with E-state index in [0.29, 0.717) is 24.4 Å². The normalized spacial score (nSPS) is 28.4. The summed E-state index contributed by atoms with van der Waals surface area (Å²) in [5, 5.41) is 2.75. The van der Waals surface area contributed by atoms with Crippen LogP contribution in [0.5, 0.6) is 0 Å². The van der Waals surface area contributed by atoms with Gasteiger partial charge in [-0.2, -0.15) is 0 Å². The lowest BCUT2D eigenvalue weighted by atomic mass is 9.92. The Morgan fingerprint density at radius 3 is 2.95 bits per heavy atom. The van der Waals surface area contributed by atoms with Crippen LogP contribution in [0.15, 0.2) is 12.3 Å². The molecule has 0 aliphatic heterocycles. The third-order valence-electron chi connectivity index (χ3n) is 4.78. The van der Waals surface area contributed by atoms with Crippen molar-refractivity contribution in [2.24, 2.45) is 17.8 Å². The summed E-state index contributed by atoms with van der Waals surface area (Å²) in [4.78, 5) is 15.4. The third kappa shape index (κ3) is 2.53. The minimum absolute atomic E-state index is 0.327. The Bertz CT molecular complexity index is 521. The summed E-state index contributed by atoms with van der Waals surface area (Å²) < 4.78 is 26.2. The Labute approximate surface area is 116 Å². The molecule has 1 aromatic heterocycles. The number of pyridine rings is 1. The standard InChI is InChI=1S/C15H18F2N2O/c16-11-6-13(17)14(18-8-11)15(20)19-7-10-5-4-9-2-1-3-12(9)10/h6,8-10,12H,1-5,7H2,(H,19,20)/t9-,10+,12-/m0/s1. The van der Waals surface area contributed by atoms with Crippen LogP contribution in [-0.4, -0.2) is 17.4 Å². The van der Waals surface area contributed by atoms with E-state index in [-0.39, 0.29) is 5.69 Å². The summed E-state index contributed by atoms with van der Waals surface area (Å²) in [5.41, 5.74) is -0.327. The van der Waals surface area contributed by atoms with Crippen molar-refractivity contribution in [3.05, 3.63) is 29.6 Å². The van der Waals surface area contributed by atoms with Crippen LogP contribution in [0, 0.1) is 29.4 Å². The van der Waals surface area contributed by atoms with Gasteiger partial charge >= 0.3 is 0 Å². The number of nitrogens with one attached hydrogen (secondary N) is 1. The molecule has 108 valence electrons. The predicted octanol–water partition coefficient (Wildman–Crippen LogP) is 2.92. The number of aromatic nitrogens is 1. The molecular weight excluding hydrogens is 262 g/mol. The van der Waals surface area contributed by atoms with Gasteiger partial charge in [0.15, 0.2) is 11.5 Å². The molecule has 2 fully saturated rings. The van der Waals surface area contributed by atoms with E-state index in [1.54, 1.807) is 0 Å². The van der Waals surface area contributed by atoms with Crippen LogP contribution in [0.25, 0.3) is 0 Å². The molecular formula is C15H18F2N2O. The third-order valence-corrected chi connectivity index (χ3v) is 4.78. The van der Waals surface area contributed by atoms with Crippen molar-refractivity contribution in [2.45, 2.75) is 32.1 Å². The van der Waals surface area contributed by atoms with E-state index in [1.807, 2.05) is 0 Å². The number of halogens is 2. The number of fused-ring (bicyclic) bond motifs is 1. The van der Waals surface area contributed by atoms with Crippen LogP contribution >= 0.6 is 0 Å². The van der Waals surface area contributed by atoms with E-state index in [4.69, 9.17) is 0 Å². The molecule has 3 atom stereocenters. The number of amides is 1. The zero-order valence-electron chi connectivity index (χ0n) is 11.2. The summed E-state index contributed by atoms with van der Waals surface area (Å²) in [7, 11) is 0. The maximum atomic E-state index is 13.5. The fraction of sp³-hybridized carbons (Fsp3) is 0.600. The Kier molecular flexibility index (Phi) is 3.68. The van der Waals surface area contributed by atoms with Gasteiger partial charge in [0.2, 0.25) is 0 Å². The van der Waals surface area contributed by atoms with Crippen molar-refractivity contribution in [3.63, 3.8) is 0 Å². The zero-order chi connectivity index (χ0) is 14.1. The first-order valence-corrected chi connectivity index (χ1v) is 7.24. The van der Waals surface area contributed by atoms with E-state index in [0.717, 1.165) is 18.5 Å². The van der Waals surface area contributed by atoms with Crippen molar-refractivity contribution >= 4 is 5.91 Å². The summed E-state index contributed by atoms with van der Waals surface area (Å²) in [5.74, 6) is -0.214. The lowest BCUT2D eigenvalue weighted by Crippen LogP contribution is -2.32. The molecule has 0 unspecified atom stereocenters. The van der Waals surface area contributed by atoms with Crippen molar-refractivity contribution in [2.75, 3.05) is 6.54 Å². The molecule has 1 amide bonds. The molecule has 0 aromatic carbocycles. The number of carbonyl (C=O) groups excluding carboxylic acids is 1. The molecule has 5 heteroatoms. The maximum Gasteiger partial charge on any atom is 0.272 e. The molecule has 1 heterocycles. The summed E-state index contributed by atoms with van der Waals surface area (Å²) in [6.07, 6.45) is 7.08. The van der Waals surface area contributed by atoms with E-state index >= 15 is 0 Å². The number of nitrogens with zero attached hydrogens (tertiary/aromatic N) is 1. The van der Waals surface area contributed by atoms with Gasteiger partial charge in [0.05, 0.1) is 6.20 Å². The molecule has 0 spiro atoms. The molecule has 0 bridgehead atoms. The van der Waals surface area contributed by atoms with Gasteiger partial charge in [-0.25, -0.2) is 13.8 Å². The Morgan fingerprint density at radius 2 is 2.15 bits per heavy atom. The molecule has 0 saturated heterocycles. The highest BCUT2D eigenvalue weighted by Gasteiger charge is 2.38. The quantitative estimate of drug-likeness (QED) is 0.925. The molecule has 1 aromatic rings. The van der Waals surface area contributed by atoms with Crippen LogP contribution in [0.2, 0.25) is 0 Å². The number of hydrogen-bond acceptors (Lipinski definition) is 2. The minimum Gasteiger partial charge on any atom is -0.350 e. The molecule has 1 N–H and O–H groups in total. The fourth-order valence-corrected chi connectivity index (χ4v) is 3.83. The van der Waals surface area contributed by atoms with E-state index in [9.17, 15) is 13.6 Å². The molecule has 3 rings (SSSR count). The Morgan fingerprint density at radius 1 is 1.30 bits per heavy atom. The van der Waals surface area contributed by atoms with Gasteiger partial charge in [-0.3, -0.25) is 4.79 Å². The first-order valence-electron chi connectivity index (χ1n) is 7.24. The first kappa shape index (κ1) is 13.5. The summed E-state index contributed by atoms with van der Waals surface area (Å²) >= 11 is 0. The monoisotopic (exact) mass is 280 g/mol. The fourth-order valence-electron chi connectivity index (χ4n) is 3.83. The molecule has 2 aliphatic carbocycles. The molecule has 0 radical (unpaired) electrons. The topological polar surface area (TPSA) is 42.0 Å². The van der Waals surface area contributed by atoms with Gasteiger partial charge in [-0.15, -0.1) is 0 Å². The first-order chi connectivity index (χ1) is 9.65. The van der Waals surface area contributed by atoms with Crippen molar-refractivity contribution in [3.8, 4) is 0 Å². The van der Waals surface area contributed by atoms with E-state index in [1.165, 1.54) is 25.7 Å². The smallest absolute Gasteiger partial charge is 0.272 e. The van der Waals surface area contributed by atoms with Gasteiger partial charge in [0, 0.05) is 12.6 Å². The minimum atomic E-state index is -0.910. The van der Waals surface area contributed by atoms with Crippen LogP contribution in [0.3, 0.4) is 0 Å². The zero-order valence-corrected chi connectivity index (χ0v) is 11.2. The average Bonchev–Trinajstić information content (AvgIpc) is 2.99. The van der Waals surface area contributed by atoms with Crippen LogP contribution in [-0.2, 0) is 0 Å². The SMILES string of the molecule is O=C(NC[C@H]1CC[C@@H]2CCC[C@@H]21)c1ncc(F)cc1F. The number of hydrogen-bond donors (Lipinski definition) is 1. The molecule has 2 aliphatic rings. The van der Waals surface area contributed by atoms with E-state index in [2.05, 4.69) is 10.3 Å². The number of rotatable bonds is 3. The van der Waals surface area contributed by atoms with Crippen LogP contribution < -0.4 is 5.32 Å². The van der Waals surface area contributed by atoms with Crippen LogP contribution in [0.4, 0.5) is 8.78 Å². The maximum absolute atomic E-state index is 13.5. The molecule has 20 heavy (non-hydrogen) atoms. The van der Waals surface area contributed by atoms with E-state index < -0.39 is 17.5 Å². The highest BCUT2D eigenvalue weighted by atomic mass is 19.1. The predicted molar refractivity (Wildman–Crippen MR) is 70.0 cm³/mol. The summed E-state index contributed by atoms with van der Waals surface area (Å²) in [6, 6.07) is 0.685. The lowest BCUT2D eigenvalue weighted by molar-refractivity contribution is 0.0933. The van der Waals surface area contributed by atoms with Crippen molar-refractivity contribution in [1.82, 2.24) is 10.3 Å². The molecule has 3 nitrogen and oxygen atoms in total. The lowest BCUT2D eigenvalue weighted by Gasteiger charge is -2.18. The van der Waals surface area contributed by atoms with Crippen molar-refractivity contribution in [1.29, 1.82) is 0 Å². The average molecular weight is 280 g/mol. The second kappa shape index (κ2) is 5.46. The van der Waals surface area contributed by atoms with Gasteiger partial charge in [0.25, 0.3) is 5.91 Å². The largest absolute Gasteiger partial charge is 0.350 e. The second-order valence-corrected chi connectivity index (χ2v) is 5.89. The highest BCUT2D eigenvalue weighted by Crippen LogP contribution is 2.47. The van der Waals surface area contributed by atoms with Crippen molar-refractivity contribution < 1.29 is 13.6 Å².